The van der Waals surface area contributed by atoms with E-state index in [4.69, 9.17) is 4.74 Å². The molecule has 1 aromatic carbocycles. The summed E-state index contributed by atoms with van der Waals surface area (Å²) in [5.41, 5.74) is 0.822. The van der Waals surface area contributed by atoms with E-state index in [1.807, 2.05) is 18.2 Å². The molecule has 1 atom stereocenters. The maximum Gasteiger partial charge on any atom is 0.221 e. The number of carbonyl (C=O) groups is 1. The largest absolute Gasteiger partial charge is 0.497 e. The average molecular weight is 244 g/mol. The van der Waals surface area contributed by atoms with Crippen molar-refractivity contribution in [1.82, 2.24) is 5.32 Å². The van der Waals surface area contributed by atoms with E-state index in [0.717, 1.165) is 18.4 Å². The summed E-state index contributed by atoms with van der Waals surface area (Å²) in [5, 5.41) is 12.1. The molecule has 0 aromatic heterocycles. The van der Waals surface area contributed by atoms with Crippen molar-refractivity contribution in [2.24, 2.45) is 0 Å². The van der Waals surface area contributed by atoms with Crippen LogP contribution in [0.1, 0.15) is 30.7 Å². The predicted octanol–water partition coefficient (Wildman–Crippen LogP) is 1.97. The average Bonchev–Trinajstić information content (AvgIpc) is 3.20. The van der Waals surface area contributed by atoms with Gasteiger partial charge in [-0.3, -0.25) is 4.79 Å². The van der Waals surface area contributed by atoms with E-state index in [0.29, 0.717) is 11.8 Å². The summed E-state index contributed by atoms with van der Waals surface area (Å²) < 4.78 is 5.12. The third-order valence-corrected chi connectivity index (χ3v) is 2.98. The summed E-state index contributed by atoms with van der Waals surface area (Å²) >= 11 is 0. The van der Waals surface area contributed by atoms with Crippen molar-refractivity contribution in [3.05, 3.63) is 29.8 Å². The molecule has 0 spiro atoms. The zero-order chi connectivity index (χ0) is 13.0. The highest BCUT2D eigenvalue weighted by Crippen LogP contribution is 2.24. The number of methoxy groups -OCH3 is 1. The third kappa shape index (κ3) is 3.24. The second kappa shape index (κ2) is 5.54. The van der Waals surface area contributed by atoms with Gasteiger partial charge in [0, 0.05) is 12.5 Å². The van der Waals surface area contributed by atoms with Crippen molar-refractivity contribution in [2.45, 2.75) is 31.2 Å². The first-order valence-corrected chi connectivity index (χ1v) is 6.06. The Morgan fingerprint density at radius 2 is 2.39 bits per heavy atom. The monoisotopic (exact) mass is 244 g/mol. The number of nitrogens with zero attached hydrogens (tertiary/aromatic N) is 1. The molecule has 1 aliphatic rings. The lowest BCUT2D eigenvalue weighted by molar-refractivity contribution is -0.121. The Morgan fingerprint density at radius 3 is 3.00 bits per heavy atom. The van der Waals surface area contributed by atoms with Crippen molar-refractivity contribution >= 4 is 5.91 Å². The zero-order valence-electron chi connectivity index (χ0n) is 10.3. The summed E-state index contributed by atoms with van der Waals surface area (Å²) in [6.45, 7) is 0. The van der Waals surface area contributed by atoms with Crippen LogP contribution in [0.15, 0.2) is 24.3 Å². The highest BCUT2D eigenvalue weighted by atomic mass is 16.5. The summed E-state index contributed by atoms with van der Waals surface area (Å²) in [5.74, 6) is 0.237. The highest BCUT2D eigenvalue weighted by Gasteiger charge is 2.25. The summed E-state index contributed by atoms with van der Waals surface area (Å²) in [4.78, 5) is 11.7. The van der Waals surface area contributed by atoms with E-state index < -0.39 is 5.92 Å². The van der Waals surface area contributed by atoms with Crippen molar-refractivity contribution in [3.8, 4) is 11.8 Å². The molecule has 1 N–H and O–H groups in total. The summed E-state index contributed by atoms with van der Waals surface area (Å²) in [7, 11) is 1.58. The Labute approximate surface area is 107 Å². The van der Waals surface area contributed by atoms with Crippen molar-refractivity contribution in [1.29, 1.82) is 5.26 Å². The highest BCUT2D eigenvalue weighted by molar-refractivity contribution is 5.78. The molecule has 0 radical (unpaired) electrons. The maximum atomic E-state index is 11.7. The van der Waals surface area contributed by atoms with Crippen LogP contribution in [0.4, 0.5) is 0 Å². The van der Waals surface area contributed by atoms with Crippen LogP contribution in [-0.2, 0) is 4.79 Å². The van der Waals surface area contributed by atoms with Gasteiger partial charge in [-0.25, -0.2) is 0 Å². The molecule has 1 aromatic rings. The number of rotatable bonds is 5. The Kier molecular flexibility index (Phi) is 3.83. The first kappa shape index (κ1) is 12.4. The smallest absolute Gasteiger partial charge is 0.221 e. The minimum absolute atomic E-state index is 0.0492. The first-order chi connectivity index (χ1) is 8.72. The lowest BCUT2D eigenvalue weighted by atomic mass is 9.96. The molecule has 2 rings (SSSR count). The van der Waals surface area contributed by atoms with E-state index in [2.05, 4.69) is 11.4 Å². The standard InChI is InChI=1S/C14H16N2O2/c1-18-13-4-2-3-10(7-13)11(9-15)8-14(17)16-12-5-6-12/h2-4,7,11-12H,5-6,8H2,1H3,(H,16,17). The molecule has 0 aliphatic heterocycles. The summed E-state index contributed by atoms with van der Waals surface area (Å²) in [6.07, 6.45) is 2.32. The number of hydrogen-bond donors (Lipinski definition) is 1. The van der Waals surface area contributed by atoms with Gasteiger partial charge >= 0.3 is 0 Å². The predicted molar refractivity (Wildman–Crippen MR) is 67.1 cm³/mol. The number of benzene rings is 1. The fourth-order valence-corrected chi connectivity index (χ4v) is 1.80. The fraction of sp³-hybridized carbons (Fsp3) is 0.429. The fourth-order valence-electron chi connectivity index (χ4n) is 1.80. The van der Waals surface area contributed by atoms with Crippen LogP contribution in [0.2, 0.25) is 0 Å². The van der Waals surface area contributed by atoms with E-state index in [-0.39, 0.29) is 12.3 Å². The molecule has 94 valence electrons. The zero-order valence-corrected chi connectivity index (χ0v) is 10.3. The van der Waals surface area contributed by atoms with Gasteiger partial charge in [-0.05, 0) is 30.5 Å². The van der Waals surface area contributed by atoms with Gasteiger partial charge in [0.2, 0.25) is 5.91 Å². The third-order valence-electron chi connectivity index (χ3n) is 2.98. The molecule has 0 bridgehead atoms. The molecular weight excluding hydrogens is 228 g/mol. The topological polar surface area (TPSA) is 62.1 Å². The van der Waals surface area contributed by atoms with Crippen LogP contribution < -0.4 is 10.1 Å². The lowest BCUT2D eigenvalue weighted by Crippen LogP contribution is -2.26. The number of carbonyl (C=O) groups excluding carboxylic acids is 1. The molecule has 1 aliphatic carbocycles. The van der Waals surface area contributed by atoms with Gasteiger partial charge in [0.05, 0.1) is 19.1 Å². The van der Waals surface area contributed by atoms with Crippen molar-refractivity contribution in [2.75, 3.05) is 7.11 Å². The number of nitrogens with one attached hydrogen (secondary N) is 1. The van der Waals surface area contributed by atoms with Gasteiger partial charge in [-0.2, -0.15) is 5.26 Å². The second-order valence-corrected chi connectivity index (χ2v) is 4.50. The molecule has 0 saturated heterocycles. The van der Waals surface area contributed by atoms with Crippen LogP contribution in [0.25, 0.3) is 0 Å². The minimum Gasteiger partial charge on any atom is -0.497 e. The number of hydrogen-bond acceptors (Lipinski definition) is 3. The first-order valence-electron chi connectivity index (χ1n) is 6.06. The molecule has 1 unspecified atom stereocenters. The van der Waals surface area contributed by atoms with Gasteiger partial charge in [-0.1, -0.05) is 12.1 Å². The van der Waals surface area contributed by atoms with E-state index in [1.54, 1.807) is 13.2 Å². The SMILES string of the molecule is COc1cccc(C(C#N)CC(=O)NC2CC2)c1. The van der Waals surface area contributed by atoms with Gasteiger partial charge in [-0.15, -0.1) is 0 Å². The second-order valence-electron chi connectivity index (χ2n) is 4.50. The Morgan fingerprint density at radius 1 is 1.61 bits per heavy atom. The molecule has 1 saturated carbocycles. The van der Waals surface area contributed by atoms with Gasteiger partial charge in [0.1, 0.15) is 5.75 Å². The van der Waals surface area contributed by atoms with Gasteiger partial charge in [0.15, 0.2) is 0 Å². The van der Waals surface area contributed by atoms with Gasteiger partial charge < -0.3 is 10.1 Å². The van der Waals surface area contributed by atoms with Crippen molar-refractivity contribution < 1.29 is 9.53 Å². The maximum absolute atomic E-state index is 11.7. The molecule has 1 fully saturated rings. The number of ether oxygens (including phenoxy) is 1. The quantitative estimate of drug-likeness (QED) is 0.861. The van der Waals surface area contributed by atoms with Crippen LogP contribution in [0.3, 0.4) is 0 Å². The van der Waals surface area contributed by atoms with Crippen LogP contribution in [0.5, 0.6) is 5.75 Å². The molecule has 18 heavy (non-hydrogen) atoms. The molecule has 4 nitrogen and oxygen atoms in total. The number of amides is 1. The van der Waals surface area contributed by atoms with Crippen LogP contribution in [0, 0.1) is 11.3 Å². The molecular formula is C14H16N2O2. The molecule has 0 heterocycles. The van der Waals surface area contributed by atoms with E-state index >= 15 is 0 Å². The Bertz CT molecular complexity index is 475. The van der Waals surface area contributed by atoms with E-state index in [9.17, 15) is 10.1 Å². The van der Waals surface area contributed by atoms with E-state index in [1.165, 1.54) is 0 Å². The van der Waals surface area contributed by atoms with Crippen LogP contribution >= 0.6 is 0 Å². The van der Waals surface area contributed by atoms with Crippen molar-refractivity contribution in [3.63, 3.8) is 0 Å². The van der Waals surface area contributed by atoms with Crippen LogP contribution in [-0.4, -0.2) is 19.1 Å². The lowest BCUT2D eigenvalue weighted by Gasteiger charge is -2.10. The Balaban J connectivity index is 2.02. The summed E-state index contributed by atoms with van der Waals surface area (Å²) in [6, 6.07) is 9.82. The molecule has 4 heteroatoms. The minimum atomic E-state index is -0.418. The Hall–Kier alpha value is -2.02. The van der Waals surface area contributed by atoms with Gasteiger partial charge in [0.25, 0.3) is 0 Å². The number of nitriles is 1. The molecule has 1 amide bonds. The normalized spacial score (nSPS) is 15.6.